The number of nitrogens with one attached hydrogen (secondary N) is 1. The van der Waals surface area contributed by atoms with Crippen molar-refractivity contribution in [2.24, 2.45) is 5.73 Å². The van der Waals surface area contributed by atoms with Gasteiger partial charge in [-0.1, -0.05) is 12.2 Å². The Hall–Kier alpha value is -1.26. The molecule has 0 saturated heterocycles. The van der Waals surface area contributed by atoms with Gasteiger partial charge in [0.05, 0.1) is 0 Å². The number of halogens is 3. The van der Waals surface area contributed by atoms with Crippen LogP contribution in [0, 0.1) is 0 Å². The second kappa shape index (κ2) is 6.46. The molecule has 1 aromatic heterocycles. The monoisotopic (exact) mass is 327 g/mol. The van der Waals surface area contributed by atoms with E-state index >= 15 is 0 Å². The molecule has 0 atom stereocenters. The molecule has 0 aliphatic carbocycles. The zero-order valence-corrected chi connectivity index (χ0v) is 11.8. The lowest BCUT2D eigenvalue weighted by Crippen LogP contribution is -2.28. The highest BCUT2D eigenvalue weighted by Crippen LogP contribution is 2.21. The first-order valence-corrected chi connectivity index (χ1v) is 7.34. The summed E-state index contributed by atoms with van der Waals surface area (Å²) in [7, 11) is -4.00. The van der Waals surface area contributed by atoms with E-state index in [1.807, 2.05) is 0 Å². The molecule has 0 saturated carbocycles. The zero-order chi connectivity index (χ0) is 15.4. The SMILES string of the molecule is NC(=S)c1ncccc1S(=O)(=O)NCCCC(F)(F)F. The Morgan fingerprint density at radius 1 is 1.45 bits per heavy atom. The van der Waals surface area contributed by atoms with Crippen LogP contribution in [0.4, 0.5) is 13.2 Å². The van der Waals surface area contributed by atoms with Crippen molar-refractivity contribution < 1.29 is 21.6 Å². The summed E-state index contributed by atoms with van der Waals surface area (Å²) in [6, 6.07) is 2.60. The fourth-order valence-electron chi connectivity index (χ4n) is 1.37. The van der Waals surface area contributed by atoms with Gasteiger partial charge in [-0.2, -0.15) is 13.2 Å². The molecule has 10 heteroatoms. The van der Waals surface area contributed by atoms with E-state index in [-0.39, 0.29) is 28.5 Å². The average Bonchev–Trinajstić information content (AvgIpc) is 2.33. The van der Waals surface area contributed by atoms with E-state index in [4.69, 9.17) is 5.73 Å². The maximum atomic E-state index is 11.9. The quantitative estimate of drug-likeness (QED) is 0.608. The van der Waals surface area contributed by atoms with Gasteiger partial charge in [-0.3, -0.25) is 4.98 Å². The van der Waals surface area contributed by atoms with Crippen LogP contribution in [-0.2, 0) is 10.0 Å². The van der Waals surface area contributed by atoms with E-state index in [9.17, 15) is 21.6 Å². The van der Waals surface area contributed by atoms with Crippen LogP contribution in [0.2, 0.25) is 0 Å². The minimum atomic E-state index is -4.32. The molecule has 1 heterocycles. The third kappa shape index (κ3) is 5.02. The Morgan fingerprint density at radius 3 is 2.65 bits per heavy atom. The van der Waals surface area contributed by atoms with Crippen LogP contribution in [-0.4, -0.2) is 31.1 Å². The Bertz CT molecular complexity index is 588. The van der Waals surface area contributed by atoms with Gasteiger partial charge >= 0.3 is 6.18 Å². The summed E-state index contributed by atoms with van der Waals surface area (Å²) in [6.45, 7) is -0.340. The van der Waals surface area contributed by atoms with Crippen LogP contribution < -0.4 is 10.5 Å². The molecule has 0 aliphatic rings. The number of rotatable bonds is 6. The van der Waals surface area contributed by atoms with Gasteiger partial charge in [-0.05, 0) is 18.6 Å². The third-order valence-electron chi connectivity index (χ3n) is 2.22. The van der Waals surface area contributed by atoms with Crippen LogP contribution in [0.25, 0.3) is 0 Å². The molecule has 112 valence electrons. The second-order valence-corrected chi connectivity index (χ2v) is 6.01. The summed E-state index contributed by atoms with van der Waals surface area (Å²) < 4.78 is 61.8. The van der Waals surface area contributed by atoms with Crippen molar-refractivity contribution in [3.8, 4) is 0 Å². The fourth-order valence-corrected chi connectivity index (χ4v) is 2.84. The van der Waals surface area contributed by atoms with Crippen LogP contribution in [0.1, 0.15) is 18.5 Å². The Labute approximate surface area is 119 Å². The first-order chi connectivity index (χ1) is 9.13. The number of nitrogens with two attached hydrogens (primary N) is 1. The summed E-state index contributed by atoms with van der Waals surface area (Å²) in [5.74, 6) is 0. The zero-order valence-electron chi connectivity index (χ0n) is 10.1. The van der Waals surface area contributed by atoms with E-state index < -0.39 is 22.6 Å². The highest BCUT2D eigenvalue weighted by Gasteiger charge is 2.27. The highest BCUT2D eigenvalue weighted by molar-refractivity contribution is 7.89. The number of alkyl halides is 3. The molecule has 0 bridgehead atoms. The van der Waals surface area contributed by atoms with Gasteiger partial charge in [0.25, 0.3) is 0 Å². The molecule has 0 unspecified atom stereocenters. The molecular formula is C10H12F3N3O2S2. The largest absolute Gasteiger partial charge is 0.389 e. The Morgan fingerprint density at radius 2 is 2.10 bits per heavy atom. The summed E-state index contributed by atoms with van der Waals surface area (Å²) >= 11 is 4.68. The second-order valence-electron chi connectivity index (χ2n) is 3.83. The van der Waals surface area contributed by atoms with E-state index in [0.29, 0.717) is 0 Å². The number of pyridine rings is 1. The van der Waals surface area contributed by atoms with Gasteiger partial charge < -0.3 is 5.73 Å². The van der Waals surface area contributed by atoms with Crippen molar-refractivity contribution in [3.63, 3.8) is 0 Å². The molecule has 0 fully saturated rings. The standard InChI is InChI=1S/C10H12F3N3O2S2/c11-10(12,13)4-2-6-16-20(17,18)7-3-1-5-15-8(7)9(14)19/h1,3,5,16H,2,4,6H2,(H2,14,19). The van der Waals surface area contributed by atoms with E-state index in [0.717, 1.165) is 0 Å². The predicted molar refractivity (Wildman–Crippen MR) is 70.6 cm³/mol. The molecule has 1 aromatic rings. The molecule has 3 N–H and O–H groups in total. The van der Waals surface area contributed by atoms with Gasteiger partial charge in [-0.25, -0.2) is 13.1 Å². The Balaban J connectivity index is 2.78. The average molecular weight is 327 g/mol. The van der Waals surface area contributed by atoms with E-state index in [1.165, 1.54) is 18.3 Å². The van der Waals surface area contributed by atoms with Crippen LogP contribution >= 0.6 is 12.2 Å². The minimum Gasteiger partial charge on any atom is -0.388 e. The van der Waals surface area contributed by atoms with Crippen LogP contribution in [0.3, 0.4) is 0 Å². The molecule has 1 rings (SSSR count). The van der Waals surface area contributed by atoms with Gasteiger partial charge in [0.1, 0.15) is 15.6 Å². The van der Waals surface area contributed by atoms with Gasteiger partial charge in [0.2, 0.25) is 10.0 Å². The number of hydrogen-bond donors (Lipinski definition) is 2. The summed E-state index contributed by atoms with van der Waals surface area (Å²) in [4.78, 5) is 3.29. The van der Waals surface area contributed by atoms with Crippen LogP contribution in [0.15, 0.2) is 23.2 Å². The highest BCUT2D eigenvalue weighted by atomic mass is 32.2. The Kier molecular flexibility index (Phi) is 5.42. The van der Waals surface area contributed by atoms with Crippen molar-refractivity contribution in [1.29, 1.82) is 0 Å². The molecule has 20 heavy (non-hydrogen) atoms. The molecule has 0 spiro atoms. The summed E-state index contributed by atoms with van der Waals surface area (Å²) in [5, 5.41) is 0. The summed E-state index contributed by atoms with van der Waals surface area (Å²) in [6.07, 6.45) is -4.42. The van der Waals surface area contributed by atoms with Crippen molar-refractivity contribution in [2.75, 3.05) is 6.54 Å². The van der Waals surface area contributed by atoms with Gasteiger partial charge in [0.15, 0.2) is 0 Å². The van der Waals surface area contributed by atoms with Crippen molar-refractivity contribution in [3.05, 3.63) is 24.0 Å². The number of nitrogens with zero attached hydrogens (tertiary/aromatic N) is 1. The van der Waals surface area contributed by atoms with Gasteiger partial charge in [-0.15, -0.1) is 0 Å². The molecule has 5 nitrogen and oxygen atoms in total. The first kappa shape index (κ1) is 16.8. The molecule has 0 aliphatic heterocycles. The van der Waals surface area contributed by atoms with Gasteiger partial charge in [0, 0.05) is 19.2 Å². The lowest BCUT2D eigenvalue weighted by molar-refractivity contribution is -0.135. The fraction of sp³-hybridized carbons (Fsp3) is 0.400. The van der Waals surface area contributed by atoms with Crippen molar-refractivity contribution >= 4 is 27.2 Å². The molecule has 0 aromatic carbocycles. The topological polar surface area (TPSA) is 85.1 Å². The number of thiocarbonyl (C=S) groups is 1. The maximum Gasteiger partial charge on any atom is 0.389 e. The maximum absolute atomic E-state index is 11.9. The molecular weight excluding hydrogens is 315 g/mol. The van der Waals surface area contributed by atoms with Crippen molar-refractivity contribution in [1.82, 2.24) is 9.71 Å². The van der Waals surface area contributed by atoms with Crippen molar-refractivity contribution in [2.45, 2.75) is 23.9 Å². The van der Waals surface area contributed by atoms with E-state index in [2.05, 4.69) is 21.9 Å². The predicted octanol–water partition coefficient (Wildman–Crippen LogP) is 1.34. The smallest absolute Gasteiger partial charge is 0.388 e. The summed E-state index contributed by atoms with van der Waals surface area (Å²) in [5.41, 5.74) is 5.26. The molecule has 0 radical (unpaired) electrons. The number of hydrogen-bond acceptors (Lipinski definition) is 4. The minimum absolute atomic E-state index is 0.0918. The lowest BCUT2D eigenvalue weighted by Gasteiger charge is -2.10. The lowest BCUT2D eigenvalue weighted by atomic mass is 10.3. The van der Waals surface area contributed by atoms with Crippen LogP contribution in [0.5, 0.6) is 0 Å². The van der Waals surface area contributed by atoms with E-state index in [1.54, 1.807) is 0 Å². The first-order valence-electron chi connectivity index (χ1n) is 5.45. The number of aromatic nitrogens is 1. The third-order valence-corrected chi connectivity index (χ3v) is 3.91. The number of sulfonamides is 1. The molecule has 0 amide bonds. The normalized spacial score (nSPS) is 12.3.